The van der Waals surface area contributed by atoms with Gasteiger partial charge in [0.1, 0.15) is 0 Å². The molecule has 0 N–H and O–H groups in total. The normalized spacial score (nSPS) is 19.3. The van der Waals surface area contributed by atoms with Gasteiger partial charge in [-0.05, 0) is 0 Å². The van der Waals surface area contributed by atoms with Crippen molar-refractivity contribution in [2.45, 2.75) is 9.79 Å². The van der Waals surface area contributed by atoms with Crippen molar-refractivity contribution >= 4 is 43.5 Å². The molecule has 0 atom stereocenters. The Bertz CT molecular complexity index is 472. The van der Waals surface area contributed by atoms with Crippen LogP contribution in [0.15, 0.2) is 28.0 Å². The van der Waals surface area contributed by atoms with Crippen LogP contribution in [0.25, 0.3) is 0 Å². The molecule has 1 rings (SSSR count). The zero-order valence-corrected chi connectivity index (χ0v) is 13.5. The first kappa shape index (κ1) is 22.7. The zero-order chi connectivity index (χ0) is 14.8. The molecule has 0 saturated carbocycles. The van der Waals surface area contributed by atoms with Crippen LogP contribution in [0.1, 0.15) is 0 Å². The first-order valence-electron chi connectivity index (χ1n) is 3.68. The first-order chi connectivity index (χ1) is 7.19. The van der Waals surface area contributed by atoms with E-state index in [2.05, 4.69) is 0 Å². The molecule has 0 nitrogen and oxygen atoms in total. The van der Waals surface area contributed by atoms with Crippen molar-refractivity contribution in [3.05, 3.63) is 24.3 Å². The number of halogens is 11. The molecule has 0 spiro atoms. The van der Waals surface area contributed by atoms with Gasteiger partial charge in [-0.15, -0.1) is 44.9 Å². The van der Waals surface area contributed by atoms with Gasteiger partial charge in [-0.2, -0.15) is 18.2 Å². The molecule has 1 aromatic carbocycles. The molecule has 1 aromatic rings. The van der Waals surface area contributed by atoms with Crippen molar-refractivity contribution in [2.24, 2.45) is 0 Å². The fraction of sp³-hybridized carbons (Fsp3) is 0. The SMILES string of the molecule is FS(F)(F)(F)(F)c1c[c-]cc(S(F)(F)(F)(F)F)c1.[Br-].[Mg+2]. The molecule has 118 valence electrons. The van der Waals surface area contributed by atoms with E-state index < -0.39 is 48.4 Å². The summed E-state index contributed by atoms with van der Waals surface area (Å²) in [6, 6.07) is -1.34. The van der Waals surface area contributed by atoms with Gasteiger partial charge in [0.15, 0.2) is 0 Å². The maximum absolute atomic E-state index is 12.1. The standard InChI is InChI=1S/C6H3F10S2.BrH.Mg/c7-17(8,9,10,11)5-2-1-3-6(4-5)18(12,13,14,15)16;;/h2-4H;1H;/q-1;;+2/p-1. The van der Waals surface area contributed by atoms with Crippen LogP contribution in [0, 0.1) is 6.07 Å². The second kappa shape index (κ2) is 4.05. The average Bonchev–Trinajstić information content (AvgIpc) is 1.96. The Morgan fingerprint density at radius 3 is 1.10 bits per heavy atom. The molecule has 0 fully saturated rings. The topological polar surface area (TPSA) is 0 Å². The Hall–Kier alpha value is 0.466. The van der Waals surface area contributed by atoms with Crippen LogP contribution in [-0.2, 0) is 0 Å². The molecule has 0 heterocycles. The first-order valence-corrected chi connectivity index (χ1v) is 7.59. The van der Waals surface area contributed by atoms with Gasteiger partial charge >= 0.3 is 23.1 Å². The Kier molecular flexibility index (Phi) is 4.61. The van der Waals surface area contributed by atoms with Crippen molar-refractivity contribution in [3.8, 4) is 0 Å². The monoisotopic (exact) mass is 432 g/mol. The maximum Gasteiger partial charge on any atom is 2.00 e. The summed E-state index contributed by atoms with van der Waals surface area (Å²) in [6.07, 6.45) is 0. The van der Waals surface area contributed by atoms with E-state index in [1.165, 1.54) is 0 Å². The smallest absolute Gasteiger partial charge is 1.00 e. The van der Waals surface area contributed by atoms with E-state index in [-0.39, 0.29) is 40.0 Å². The summed E-state index contributed by atoms with van der Waals surface area (Å²) in [7, 11) is -20.9. The summed E-state index contributed by atoms with van der Waals surface area (Å²) >= 11 is 0. The molecule has 0 radical (unpaired) electrons. The van der Waals surface area contributed by atoms with Gasteiger partial charge in [0, 0.05) is 9.79 Å². The van der Waals surface area contributed by atoms with Crippen LogP contribution < -0.4 is 17.0 Å². The predicted molar refractivity (Wildman–Crippen MR) is 53.8 cm³/mol. The van der Waals surface area contributed by atoms with Crippen LogP contribution in [0.3, 0.4) is 0 Å². The molecule has 20 heavy (non-hydrogen) atoms. The Morgan fingerprint density at radius 2 is 0.900 bits per heavy atom. The van der Waals surface area contributed by atoms with Crippen molar-refractivity contribution < 1.29 is 55.8 Å². The number of hydrogen-bond acceptors (Lipinski definition) is 0. The molecule has 0 unspecified atom stereocenters. The third-order valence-corrected chi connectivity index (χ3v) is 3.88. The van der Waals surface area contributed by atoms with Crippen molar-refractivity contribution in [1.82, 2.24) is 0 Å². The van der Waals surface area contributed by atoms with Crippen molar-refractivity contribution in [1.29, 1.82) is 0 Å². The molecule has 0 aliphatic carbocycles. The average molecular weight is 433 g/mol. The third-order valence-electron chi connectivity index (χ3n) is 1.63. The van der Waals surface area contributed by atoms with Crippen LogP contribution in [-0.4, -0.2) is 23.1 Å². The number of hydrogen-bond donors (Lipinski definition) is 0. The van der Waals surface area contributed by atoms with Crippen LogP contribution in [0.5, 0.6) is 0 Å². The van der Waals surface area contributed by atoms with Crippen LogP contribution in [0.4, 0.5) is 38.9 Å². The van der Waals surface area contributed by atoms with Gasteiger partial charge < -0.3 is 17.0 Å². The van der Waals surface area contributed by atoms with E-state index in [0.717, 1.165) is 6.07 Å². The Labute approximate surface area is 133 Å². The molecule has 0 aromatic heterocycles. The maximum atomic E-state index is 12.1. The molecule has 14 heteroatoms. The van der Waals surface area contributed by atoms with E-state index in [4.69, 9.17) is 0 Å². The summed E-state index contributed by atoms with van der Waals surface area (Å²) < 4.78 is 121. The zero-order valence-electron chi connectivity index (χ0n) is 8.91. The van der Waals surface area contributed by atoms with Gasteiger partial charge in [0.2, 0.25) is 0 Å². The van der Waals surface area contributed by atoms with Gasteiger partial charge in [-0.25, -0.2) is 0 Å². The summed E-state index contributed by atoms with van der Waals surface area (Å²) in [6.45, 7) is 0. The minimum absolute atomic E-state index is 0. The Balaban J connectivity index is 0. The van der Waals surface area contributed by atoms with Crippen LogP contribution in [0.2, 0.25) is 0 Å². The molecule has 0 aliphatic heterocycles. The van der Waals surface area contributed by atoms with Gasteiger partial charge in [0.05, 0.1) is 0 Å². The second-order valence-electron chi connectivity index (χ2n) is 3.34. The van der Waals surface area contributed by atoms with Gasteiger partial charge in [0.25, 0.3) is 20.4 Å². The van der Waals surface area contributed by atoms with E-state index in [1.807, 2.05) is 0 Å². The largest absolute Gasteiger partial charge is 2.00 e. The van der Waals surface area contributed by atoms with E-state index in [9.17, 15) is 38.9 Å². The predicted octanol–water partition coefficient (Wildman–Crippen LogP) is 3.42. The van der Waals surface area contributed by atoms with Crippen molar-refractivity contribution in [2.75, 3.05) is 0 Å². The summed E-state index contributed by atoms with van der Waals surface area (Å²) in [5, 5.41) is 0. The Morgan fingerprint density at radius 1 is 0.650 bits per heavy atom. The molecule has 0 aliphatic rings. The quantitative estimate of drug-likeness (QED) is 0.381. The minimum atomic E-state index is -10.5. The molecule has 0 saturated heterocycles. The van der Waals surface area contributed by atoms with Crippen molar-refractivity contribution in [3.63, 3.8) is 0 Å². The van der Waals surface area contributed by atoms with Crippen LogP contribution >= 0.6 is 20.4 Å². The van der Waals surface area contributed by atoms with E-state index in [0.29, 0.717) is 0 Å². The fourth-order valence-corrected chi connectivity index (χ4v) is 2.23. The summed E-state index contributed by atoms with van der Waals surface area (Å²) in [4.78, 5) is -6.14. The number of rotatable bonds is 2. The molecular weight excluding hydrogens is 430 g/mol. The fourth-order valence-electron chi connectivity index (χ4n) is 0.875. The molecule has 0 amide bonds. The molecular formula is C6H3BrF10MgS2. The van der Waals surface area contributed by atoms with Gasteiger partial charge in [-0.3, -0.25) is 0 Å². The minimum Gasteiger partial charge on any atom is -1.00 e. The summed E-state index contributed by atoms with van der Waals surface area (Å²) in [5.41, 5.74) is 0. The third kappa shape index (κ3) is 6.07. The summed E-state index contributed by atoms with van der Waals surface area (Å²) in [5.74, 6) is 0. The molecule has 0 bridgehead atoms. The van der Waals surface area contributed by atoms with E-state index >= 15 is 0 Å². The van der Waals surface area contributed by atoms with E-state index in [1.54, 1.807) is 0 Å². The van der Waals surface area contributed by atoms with Gasteiger partial charge in [-0.1, -0.05) is 0 Å². The number of benzene rings is 1. The second-order valence-corrected chi connectivity index (χ2v) is 8.16.